The highest BCUT2D eigenvalue weighted by molar-refractivity contribution is 4.68. The maximum Gasteiger partial charge on any atom is 0.0238 e. The van der Waals surface area contributed by atoms with Crippen LogP contribution in [0.5, 0.6) is 0 Å². The zero-order valence-corrected chi connectivity index (χ0v) is 6.84. The summed E-state index contributed by atoms with van der Waals surface area (Å²) < 4.78 is 0. The van der Waals surface area contributed by atoms with Crippen LogP contribution >= 0.6 is 0 Å². The predicted molar refractivity (Wildman–Crippen MR) is 43.4 cm³/mol. The summed E-state index contributed by atoms with van der Waals surface area (Å²) in [5.74, 6) is 5.67. The number of hydrogen-bond acceptors (Lipinski definition) is 2. The standard InChI is InChI=1S/C8H18N2/c1-10(9)8-6-4-2-3-5-7-8/h8H,2-7,9H2,1H3. The average molecular weight is 142 g/mol. The number of rotatable bonds is 1. The first-order valence-electron chi connectivity index (χ1n) is 4.28. The van der Waals surface area contributed by atoms with Crippen molar-refractivity contribution >= 4 is 0 Å². The van der Waals surface area contributed by atoms with E-state index in [0.29, 0.717) is 6.04 Å². The third-order valence-electron chi connectivity index (χ3n) is 2.40. The molecule has 1 aliphatic carbocycles. The van der Waals surface area contributed by atoms with Crippen LogP contribution in [0.15, 0.2) is 0 Å². The molecule has 1 aliphatic rings. The Morgan fingerprint density at radius 1 is 1.10 bits per heavy atom. The molecule has 0 aliphatic heterocycles. The maximum absolute atomic E-state index is 5.67. The fraction of sp³-hybridized carbons (Fsp3) is 1.00. The third-order valence-corrected chi connectivity index (χ3v) is 2.40. The molecule has 1 saturated carbocycles. The van der Waals surface area contributed by atoms with Crippen molar-refractivity contribution in [1.29, 1.82) is 0 Å². The first-order valence-corrected chi connectivity index (χ1v) is 4.28. The maximum atomic E-state index is 5.67. The highest BCUT2D eigenvalue weighted by atomic mass is 15.4. The summed E-state index contributed by atoms with van der Waals surface area (Å²) in [5.41, 5.74) is 0. The summed E-state index contributed by atoms with van der Waals surface area (Å²) in [6.45, 7) is 0. The van der Waals surface area contributed by atoms with Gasteiger partial charge in [-0.25, -0.2) is 5.01 Å². The summed E-state index contributed by atoms with van der Waals surface area (Å²) in [4.78, 5) is 0. The molecule has 1 fully saturated rings. The summed E-state index contributed by atoms with van der Waals surface area (Å²) in [5, 5.41) is 1.88. The first kappa shape index (κ1) is 8.02. The van der Waals surface area contributed by atoms with Crippen molar-refractivity contribution in [3.8, 4) is 0 Å². The van der Waals surface area contributed by atoms with Gasteiger partial charge in [0.25, 0.3) is 0 Å². The Balaban J connectivity index is 2.28. The van der Waals surface area contributed by atoms with Gasteiger partial charge in [0.15, 0.2) is 0 Å². The molecule has 0 saturated heterocycles. The zero-order chi connectivity index (χ0) is 7.40. The summed E-state index contributed by atoms with van der Waals surface area (Å²) in [6.07, 6.45) is 8.15. The van der Waals surface area contributed by atoms with Crippen LogP contribution in [0.1, 0.15) is 38.5 Å². The molecule has 1 rings (SSSR count). The molecule has 0 aromatic rings. The fourth-order valence-corrected chi connectivity index (χ4v) is 1.67. The van der Waals surface area contributed by atoms with Gasteiger partial charge in [0, 0.05) is 13.1 Å². The zero-order valence-electron chi connectivity index (χ0n) is 6.84. The monoisotopic (exact) mass is 142 g/mol. The molecule has 2 heteroatoms. The SMILES string of the molecule is CN(N)C1CCCCCC1. The molecule has 60 valence electrons. The Morgan fingerprint density at radius 2 is 1.60 bits per heavy atom. The van der Waals surface area contributed by atoms with Gasteiger partial charge in [0.2, 0.25) is 0 Å². The van der Waals surface area contributed by atoms with Crippen LogP contribution in [0.4, 0.5) is 0 Å². The van der Waals surface area contributed by atoms with Gasteiger partial charge in [0.05, 0.1) is 0 Å². The molecule has 0 unspecified atom stereocenters. The lowest BCUT2D eigenvalue weighted by Gasteiger charge is -2.21. The minimum absolute atomic E-state index is 0.655. The van der Waals surface area contributed by atoms with Gasteiger partial charge < -0.3 is 0 Å². The van der Waals surface area contributed by atoms with Crippen molar-refractivity contribution in [1.82, 2.24) is 5.01 Å². The second-order valence-corrected chi connectivity index (χ2v) is 3.31. The van der Waals surface area contributed by atoms with Crippen LogP contribution in [0.3, 0.4) is 0 Å². The Morgan fingerprint density at radius 3 is 2.00 bits per heavy atom. The van der Waals surface area contributed by atoms with Gasteiger partial charge in [-0.15, -0.1) is 0 Å². The second kappa shape index (κ2) is 3.94. The largest absolute Gasteiger partial charge is 0.269 e. The number of nitrogens with two attached hydrogens (primary N) is 1. The minimum atomic E-state index is 0.655. The molecule has 0 spiro atoms. The van der Waals surface area contributed by atoms with Gasteiger partial charge in [-0.3, -0.25) is 5.84 Å². The molecule has 0 bridgehead atoms. The van der Waals surface area contributed by atoms with Crippen LogP contribution in [0.25, 0.3) is 0 Å². The topological polar surface area (TPSA) is 29.3 Å². The van der Waals surface area contributed by atoms with Crippen molar-refractivity contribution in [2.75, 3.05) is 7.05 Å². The van der Waals surface area contributed by atoms with E-state index in [1.165, 1.54) is 38.5 Å². The van der Waals surface area contributed by atoms with Crippen LogP contribution < -0.4 is 5.84 Å². The van der Waals surface area contributed by atoms with E-state index in [-0.39, 0.29) is 0 Å². The van der Waals surface area contributed by atoms with Crippen molar-refractivity contribution in [2.24, 2.45) is 5.84 Å². The summed E-state index contributed by atoms with van der Waals surface area (Å²) in [6, 6.07) is 0.655. The van der Waals surface area contributed by atoms with Crippen molar-refractivity contribution < 1.29 is 0 Å². The minimum Gasteiger partial charge on any atom is -0.269 e. The van der Waals surface area contributed by atoms with E-state index in [1.54, 1.807) is 0 Å². The molecule has 0 aromatic heterocycles. The van der Waals surface area contributed by atoms with Crippen molar-refractivity contribution in [3.05, 3.63) is 0 Å². The molecular weight excluding hydrogens is 124 g/mol. The highest BCUT2D eigenvalue weighted by Crippen LogP contribution is 2.18. The third kappa shape index (κ3) is 2.27. The van der Waals surface area contributed by atoms with Gasteiger partial charge >= 0.3 is 0 Å². The highest BCUT2D eigenvalue weighted by Gasteiger charge is 2.13. The van der Waals surface area contributed by atoms with E-state index in [1.807, 2.05) is 12.1 Å². The Hall–Kier alpha value is -0.0800. The first-order chi connectivity index (χ1) is 4.80. The lowest BCUT2D eigenvalue weighted by atomic mass is 10.1. The second-order valence-electron chi connectivity index (χ2n) is 3.31. The Bertz CT molecular complexity index is 83.3. The Kier molecular flexibility index (Phi) is 3.16. The van der Waals surface area contributed by atoms with Gasteiger partial charge in [-0.2, -0.15) is 0 Å². The smallest absolute Gasteiger partial charge is 0.0238 e. The molecule has 0 aromatic carbocycles. The molecular formula is C8H18N2. The van der Waals surface area contributed by atoms with Gasteiger partial charge in [-0.05, 0) is 12.8 Å². The van der Waals surface area contributed by atoms with Crippen molar-refractivity contribution in [2.45, 2.75) is 44.6 Å². The molecule has 10 heavy (non-hydrogen) atoms. The number of hydrogen-bond donors (Lipinski definition) is 1. The number of nitrogens with zero attached hydrogens (tertiary/aromatic N) is 1. The summed E-state index contributed by atoms with van der Waals surface area (Å²) >= 11 is 0. The molecule has 2 nitrogen and oxygen atoms in total. The van der Waals surface area contributed by atoms with E-state index in [2.05, 4.69) is 0 Å². The van der Waals surface area contributed by atoms with E-state index < -0.39 is 0 Å². The average Bonchev–Trinajstić information content (AvgIpc) is 2.12. The van der Waals surface area contributed by atoms with Gasteiger partial charge in [0.1, 0.15) is 0 Å². The normalized spacial score (nSPS) is 23.1. The van der Waals surface area contributed by atoms with E-state index in [0.717, 1.165) is 0 Å². The molecule has 0 radical (unpaired) electrons. The van der Waals surface area contributed by atoms with Crippen LogP contribution in [-0.2, 0) is 0 Å². The lowest BCUT2D eigenvalue weighted by molar-refractivity contribution is 0.227. The fourth-order valence-electron chi connectivity index (χ4n) is 1.67. The molecule has 0 atom stereocenters. The molecule has 2 N–H and O–H groups in total. The molecule has 0 amide bonds. The predicted octanol–water partition coefficient (Wildman–Crippen LogP) is 1.51. The van der Waals surface area contributed by atoms with Crippen molar-refractivity contribution in [3.63, 3.8) is 0 Å². The quantitative estimate of drug-likeness (QED) is 0.341. The Labute approximate surface area is 63.4 Å². The number of hydrazine groups is 1. The van der Waals surface area contributed by atoms with E-state index in [9.17, 15) is 0 Å². The van der Waals surface area contributed by atoms with Crippen LogP contribution in [-0.4, -0.2) is 18.1 Å². The van der Waals surface area contributed by atoms with Gasteiger partial charge in [-0.1, -0.05) is 25.7 Å². The van der Waals surface area contributed by atoms with E-state index >= 15 is 0 Å². The molecule has 0 heterocycles. The lowest BCUT2D eigenvalue weighted by Crippen LogP contribution is -2.36. The van der Waals surface area contributed by atoms with E-state index in [4.69, 9.17) is 5.84 Å². The summed E-state index contributed by atoms with van der Waals surface area (Å²) in [7, 11) is 1.98. The van der Waals surface area contributed by atoms with Crippen LogP contribution in [0.2, 0.25) is 0 Å². The van der Waals surface area contributed by atoms with Crippen LogP contribution in [0, 0.1) is 0 Å².